The summed E-state index contributed by atoms with van der Waals surface area (Å²) in [4.78, 5) is 11.2. The molecule has 1 aromatic heterocycles. The molecule has 0 bridgehead atoms. The van der Waals surface area contributed by atoms with Crippen molar-refractivity contribution in [2.45, 2.75) is 37.4 Å². The number of rotatable bonds is 6. The minimum Gasteiger partial charge on any atom is -0.468 e. The molecule has 0 unspecified atom stereocenters. The van der Waals surface area contributed by atoms with Crippen molar-refractivity contribution >= 4 is 17.7 Å². The summed E-state index contributed by atoms with van der Waals surface area (Å²) in [5.74, 6) is 0.117. The van der Waals surface area contributed by atoms with Gasteiger partial charge in [0.25, 0.3) is 0 Å². The second-order valence-electron chi connectivity index (χ2n) is 4.51. The molecule has 100 valence electrons. The van der Waals surface area contributed by atoms with E-state index in [0.29, 0.717) is 11.8 Å². The molecule has 1 N–H and O–H groups in total. The zero-order chi connectivity index (χ0) is 13.1. The summed E-state index contributed by atoms with van der Waals surface area (Å²) in [7, 11) is 3.32. The molecule has 18 heavy (non-hydrogen) atoms. The Morgan fingerprint density at radius 1 is 1.61 bits per heavy atom. The average Bonchev–Trinajstić information content (AvgIpc) is 3.12. The molecule has 0 amide bonds. The van der Waals surface area contributed by atoms with Crippen molar-refractivity contribution in [3.05, 3.63) is 11.3 Å². The van der Waals surface area contributed by atoms with Gasteiger partial charge in [0.15, 0.2) is 0 Å². The molecule has 0 radical (unpaired) electrons. The predicted octanol–water partition coefficient (Wildman–Crippen LogP) is 1.25. The van der Waals surface area contributed by atoms with E-state index in [-0.39, 0.29) is 5.97 Å². The Morgan fingerprint density at radius 3 is 2.94 bits per heavy atom. The van der Waals surface area contributed by atoms with Crippen LogP contribution in [-0.4, -0.2) is 34.7 Å². The molecule has 6 heteroatoms. The van der Waals surface area contributed by atoms with E-state index in [9.17, 15) is 4.79 Å². The van der Waals surface area contributed by atoms with Crippen LogP contribution >= 0.6 is 11.8 Å². The fourth-order valence-corrected chi connectivity index (χ4v) is 2.78. The highest BCUT2D eigenvalue weighted by atomic mass is 32.2. The summed E-state index contributed by atoms with van der Waals surface area (Å²) >= 11 is 1.49. The topological polar surface area (TPSA) is 56.1 Å². The Bertz CT molecular complexity index is 441. The van der Waals surface area contributed by atoms with Crippen LogP contribution in [0.3, 0.4) is 0 Å². The number of carbonyl (C=O) groups excluding carboxylic acids is 1. The predicted molar refractivity (Wildman–Crippen MR) is 70.5 cm³/mol. The molecule has 1 fully saturated rings. The minimum absolute atomic E-state index is 0.208. The molecule has 1 heterocycles. The minimum atomic E-state index is -0.208. The van der Waals surface area contributed by atoms with Crippen LogP contribution in [0.15, 0.2) is 5.03 Å². The first-order valence-electron chi connectivity index (χ1n) is 6.07. The van der Waals surface area contributed by atoms with Gasteiger partial charge in [0.05, 0.1) is 23.6 Å². The quantitative estimate of drug-likeness (QED) is 0.622. The molecule has 1 saturated carbocycles. The number of hydrogen-bond donors (Lipinski definition) is 1. The molecular weight excluding hydrogens is 250 g/mol. The summed E-state index contributed by atoms with van der Waals surface area (Å²) in [6, 6.07) is 0.670. The van der Waals surface area contributed by atoms with Crippen LogP contribution in [0.4, 0.5) is 0 Å². The van der Waals surface area contributed by atoms with Crippen LogP contribution in [0, 0.1) is 6.92 Å². The van der Waals surface area contributed by atoms with Gasteiger partial charge in [0.2, 0.25) is 0 Å². The molecule has 0 atom stereocenters. The standard InChI is InChI=1S/C12H19N3O2S/c1-8-10(6-13-9-4-5-9)12(15(2)14-8)18-7-11(16)17-3/h9,13H,4-7H2,1-3H3. The number of aromatic nitrogens is 2. The fraction of sp³-hybridized carbons (Fsp3) is 0.667. The molecule has 1 aromatic rings. The van der Waals surface area contributed by atoms with E-state index < -0.39 is 0 Å². The molecule has 0 spiro atoms. The Hall–Kier alpha value is -1.01. The molecule has 1 aliphatic rings. The number of aryl methyl sites for hydroxylation is 2. The molecule has 5 nitrogen and oxygen atoms in total. The summed E-state index contributed by atoms with van der Waals surface area (Å²) in [6.07, 6.45) is 2.54. The van der Waals surface area contributed by atoms with E-state index in [1.54, 1.807) is 0 Å². The lowest BCUT2D eigenvalue weighted by Crippen LogP contribution is -2.16. The third kappa shape index (κ3) is 3.26. The number of thioether (sulfide) groups is 1. The highest BCUT2D eigenvalue weighted by Gasteiger charge is 2.22. The first kappa shape index (κ1) is 13.4. The largest absolute Gasteiger partial charge is 0.468 e. The molecule has 0 saturated heterocycles. The molecule has 2 rings (SSSR count). The van der Waals surface area contributed by atoms with Gasteiger partial charge < -0.3 is 10.1 Å². The van der Waals surface area contributed by atoms with Crippen LogP contribution in [0.1, 0.15) is 24.1 Å². The van der Waals surface area contributed by atoms with Gasteiger partial charge in [-0.3, -0.25) is 9.48 Å². The maximum Gasteiger partial charge on any atom is 0.316 e. The third-order valence-corrected chi connectivity index (χ3v) is 4.15. The van der Waals surface area contributed by atoms with Crippen molar-refractivity contribution in [3.8, 4) is 0 Å². The van der Waals surface area contributed by atoms with Crippen LogP contribution in [0.25, 0.3) is 0 Å². The van der Waals surface area contributed by atoms with Crippen LogP contribution in [0.5, 0.6) is 0 Å². The van der Waals surface area contributed by atoms with Crippen LogP contribution in [-0.2, 0) is 23.1 Å². The molecule has 1 aliphatic carbocycles. The first-order valence-corrected chi connectivity index (χ1v) is 7.06. The molecule has 0 aromatic carbocycles. The first-order chi connectivity index (χ1) is 8.61. The van der Waals surface area contributed by atoms with Crippen molar-refractivity contribution in [1.29, 1.82) is 0 Å². The summed E-state index contributed by atoms with van der Waals surface area (Å²) < 4.78 is 6.50. The summed E-state index contributed by atoms with van der Waals surface area (Å²) in [5, 5.41) is 8.95. The highest BCUT2D eigenvalue weighted by molar-refractivity contribution is 7.99. The van der Waals surface area contributed by atoms with E-state index >= 15 is 0 Å². The number of methoxy groups -OCH3 is 1. The zero-order valence-corrected chi connectivity index (χ0v) is 11.8. The maximum atomic E-state index is 11.2. The number of hydrogen-bond acceptors (Lipinski definition) is 5. The van der Waals surface area contributed by atoms with Crippen LogP contribution < -0.4 is 5.32 Å². The highest BCUT2D eigenvalue weighted by Crippen LogP contribution is 2.26. The number of nitrogens with zero attached hydrogens (tertiary/aromatic N) is 2. The van der Waals surface area contributed by atoms with Gasteiger partial charge >= 0.3 is 5.97 Å². The number of ether oxygens (including phenoxy) is 1. The number of nitrogens with one attached hydrogen (secondary N) is 1. The van der Waals surface area contributed by atoms with Gasteiger partial charge in [-0.05, 0) is 19.8 Å². The Kier molecular flexibility index (Phi) is 4.29. The van der Waals surface area contributed by atoms with E-state index in [1.165, 1.54) is 37.3 Å². The van der Waals surface area contributed by atoms with Crippen molar-refractivity contribution in [3.63, 3.8) is 0 Å². The number of carbonyl (C=O) groups is 1. The second kappa shape index (κ2) is 5.75. The number of esters is 1. The third-order valence-electron chi connectivity index (χ3n) is 2.99. The normalized spacial score (nSPS) is 14.8. The second-order valence-corrected chi connectivity index (χ2v) is 5.48. The van der Waals surface area contributed by atoms with Gasteiger partial charge in [-0.25, -0.2) is 0 Å². The van der Waals surface area contributed by atoms with E-state index in [2.05, 4.69) is 15.2 Å². The van der Waals surface area contributed by atoms with E-state index in [1.807, 2.05) is 18.7 Å². The SMILES string of the molecule is COC(=O)CSc1c(CNC2CC2)c(C)nn1C. The maximum absolute atomic E-state index is 11.2. The van der Waals surface area contributed by atoms with Gasteiger partial charge in [-0.1, -0.05) is 11.8 Å². The Balaban J connectivity index is 2.03. The zero-order valence-electron chi connectivity index (χ0n) is 11.0. The van der Waals surface area contributed by atoms with Gasteiger partial charge in [-0.2, -0.15) is 5.10 Å². The summed E-state index contributed by atoms with van der Waals surface area (Å²) in [6.45, 7) is 2.83. The van der Waals surface area contributed by atoms with E-state index in [4.69, 9.17) is 0 Å². The lowest BCUT2D eigenvalue weighted by Gasteiger charge is -2.06. The Labute approximate surface area is 111 Å². The lowest BCUT2D eigenvalue weighted by atomic mass is 10.2. The fourth-order valence-electron chi connectivity index (χ4n) is 1.78. The summed E-state index contributed by atoms with van der Waals surface area (Å²) in [5.41, 5.74) is 2.22. The van der Waals surface area contributed by atoms with E-state index in [0.717, 1.165) is 17.3 Å². The van der Waals surface area contributed by atoms with Gasteiger partial charge in [0.1, 0.15) is 0 Å². The molecular formula is C12H19N3O2S. The van der Waals surface area contributed by atoms with Crippen molar-refractivity contribution in [2.75, 3.05) is 12.9 Å². The Morgan fingerprint density at radius 2 is 2.33 bits per heavy atom. The van der Waals surface area contributed by atoms with Crippen molar-refractivity contribution in [1.82, 2.24) is 15.1 Å². The van der Waals surface area contributed by atoms with Gasteiger partial charge in [-0.15, -0.1) is 0 Å². The smallest absolute Gasteiger partial charge is 0.316 e. The molecule has 0 aliphatic heterocycles. The van der Waals surface area contributed by atoms with Crippen LogP contribution in [0.2, 0.25) is 0 Å². The van der Waals surface area contributed by atoms with Gasteiger partial charge in [0, 0.05) is 25.2 Å². The van der Waals surface area contributed by atoms with Crippen molar-refractivity contribution in [2.24, 2.45) is 7.05 Å². The van der Waals surface area contributed by atoms with Crippen molar-refractivity contribution < 1.29 is 9.53 Å². The average molecular weight is 269 g/mol. The lowest BCUT2D eigenvalue weighted by molar-refractivity contribution is -0.137. The monoisotopic (exact) mass is 269 g/mol.